The number of aryl methyl sites for hydroxylation is 3. The maximum Gasteiger partial charge on any atom is 0.0667 e. The molecule has 1 aliphatic carbocycles. The van der Waals surface area contributed by atoms with Gasteiger partial charge in [0.15, 0.2) is 0 Å². The molecule has 0 spiro atoms. The van der Waals surface area contributed by atoms with E-state index in [4.69, 9.17) is 0 Å². The van der Waals surface area contributed by atoms with Crippen LogP contribution in [0.5, 0.6) is 0 Å². The van der Waals surface area contributed by atoms with Gasteiger partial charge in [-0.05, 0) is 49.5 Å². The van der Waals surface area contributed by atoms with Gasteiger partial charge in [0, 0.05) is 0 Å². The Morgan fingerprint density at radius 1 is 0.630 bits per heavy atom. The van der Waals surface area contributed by atoms with E-state index >= 15 is 0 Å². The lowest BCUT2D eigenvalue weighted by Gasteiger charge is -2.38. The van der Waals surface area contributed by atoms with Crippen molar-refractivity contribution in [2.75, 3.05) is 0 Å². The zero-order valence-corrected chi connectivity index (χ0v) is 16.4. The smallest absolute Gasteiger partial charge is 0.0667 e. The fraction of sp³-hybridized carbons (Fsp3) is 0.185. The van der Waals surface area contributed by atoms with Crippen molar-refractivity contribution in [2.45, 2.75) is 32.6 Å². The Bertz CT molecular complexity index is 922. The van der Waals surface area contributed by atoms with Crippen LogP contribution in [0.3, 0.4) is 0 Å². The quantitative estimate of drug-likeness (QED) is 0.452. The minimum Gasteiger partial charge on any atom is -0.0804 e. The summed E-state index contributed by atoms with van der Waals surface area (Å²) < 4.78 is 0. The molecule has 0 nitrogen and oxygen atoms in total. The Labute approximate surface area is 162 Å². The van der Waals surface area contributed by atoms with Gasteiger partial charge >= 0.3 is 0 Å². The Balaban J connectivity index is 2.12. The van der Waals surface area contributed by atoms with Crippen LogP contribution in [0.2, 0.25) is 0 Å². The summed E-state index contributed by atoms with van der Waals surface area (Å²) in [7, 11) is 0. The molecule has 27 heavy (non-hydrogen) atoms. The fourth-order valence-corrected chi connectivity index (χ4v) is 4.42. The van der Waals surface area contributed by atoms with Crippen molar-refractivity contribution < 1.29 is 0 Å². The maximum absolute atomic E-state index is 2.35. The summed E-state index contributed by atoms with van der Waals surface area (Å²) in [5.41, 5.74) is 9.07. The van der Waals surface area contributed by atoms with Gasteiger partial charge in [-0.2, -0.15) is 0 Å². The molecule has 3 aromatic carbocycles. The number of allylic oxidation sites excluding steroid dienone is 4. The molecule has 0 unspecified atom stereocenters. The molecule has 0 N–H and O–H groups in total. The third kappa shape index (κ3) is 3.06. The van der Waals surface area contributed by atoms with Gasteiger partial charge < -0.3 is 0 Å². The molecule has 0 aliphatic heterocycles. The molecule has 134 valence electrons. The molecule has 0 fully saturated rings. The van der Waals surface area contributed by atoms with Gasteiger partial charge in [0.05, 0.1) is 5.41 Å². The fourth-order valence-electron chi connectivity index (χ4n) is 4.42. The van der Waals surface area contributed by atoms with Crippen molar-refractivity contribution >= 4 is 0 Å². The summed E-state index contributed by atoms with van der Waals surface area (Å²) in [4.78, 5) is 0. The second-order valence-electron chi connectivity index (χ2n) is 7.68. The zero-order valence-electron chi connectivity index (χ0n) is 16.4. The summed E-state index contributed by atoms with van der Waals surface area (Å²) in [5.74, 6) is 0. The molecule has 4 rings (SSSR count). The second kappa shape index (κ2) is 7.04. The minimum atomic E-state index is -0.270. The van der Waals surface area contributed by atoms with E-state index in [0.29, 0.717) is 0 Å². The standard InChI is InChI=1S/C27H26/c1-20-9-6-14-24(17-20)27(23-12-4-5-13-23,25-15-7-10-21(2)18-25)26-16-8-11-22(3)19-26/h4-12,14-19H,13H2,1-3H3. The van der Waals surface area contributed by atoms with E-state index in [9.17, 15) is 0 Å². The molecular weight excluding hydrogens is 324 g/mol. The van der Waals surface area contributed by atoms with Crippen LogP contribution >= 0.6 is 0 Å². The van der Waals surface area contributed by atoms with Crippen molar-refractivity contribution in [2.24, 2.45) is 0 Å². The molecule has 0 heterocycles. The zero-order chi connectivity index (χ0) is 18.9. The lowest BCUT2D eigenvalue weighted by atomic mass is 9.64. The predicted molar refractivity (Wildman–Crippen MR) is 115 cm³/mol. The number of hydrogen-bond donors (Lipinski definition) is 0. The van der Waals surface area contributed by atoms with Gasteiger partial charge in [0.1, 0.15) is 0 Å². The molecule has 0 heteroatoms. The van der Waals surface area contributed by atoms with Crippen LogP contribution in [-0.4, -0.2) is 0 Å². The second-order valence-corrected chi connectivity index (χ2v) is 7.68. The van der Waals surface area contributed by atoms with Crippen molar-refractivity contribution in [3.63, 3.8) is 0 Å². The average molecular weight is 351 g/mol. The number of benzene rings is 3. The van der Waals surface area contributed by atoms with E-state index in [1.54, 1.807) is 0 Å². The normalized spacial score (nSPS) is 13.7. The van der Waals surface area contributed by atoms with Crippen LogP contribution in [0, 0.1) is 20.8 Å². The first-order chi connectivity index (χ1) is 13.1. The lowest BCUT2D eigenvalue weighted by molar-refractivity contribution is 0.709. The van der Waals surface area contributed by atoms with Crippen molar-refractivity contribution in [1.82, 2.24) is 0 Å². The molecule has 0 aromatic heterocycles. The third-order valence-corrected chi connectivity index (χ3v) is 5.61. The Morgan fingerprint density at radius 2 is 1.07 bits per heavy atom. The molecule has 3 aromatic rings. The summed E-state index contributed by atoms with van der Waals surface area (Å²) in [6, 6.07) is 27.0. The predicted octanol–water partition coefficient (Wildman–Crippen LogP) is 6.83. The van der Waals surface area contributed by atoms with Crippen LogP contribution < -0.4 is 0 Å². The molecule has 0 atom stereocenters. The highest BCUT2D eigenvalue weighted by Gasteiger charge is 2.40. The van der Waals surface area contributed by atoms with E-state index in [0.717, 1.165) is 6.42 Å². The molecule has 0 saturated heterocycles. The summed E-state index contributed by atoms with van der Waals surface area (Å²) in [6.07, 6.45) is 7.76. The van der Waals surface area contributed by atoms with Crippen molar-refractivity contribution in [1.29, 1.82) is 0 Å². The van der Waals surface area contributed by atoms with Crippen LogP contribution in [0.4, 0.5) is 0 Å². The van der Waals surface area contributed by atoms with Gasteiger partial charge in [-0.15, -0.1) is 0 Å². The van der Waals surface area contributed by atoms with E-state index < -0.39 is 0 Å². The summed E-state index contributed by atoms with van der Waals surface area (Å²) in [6.45, 7) is 6.55. The highest BCUT2D eigenvalue weighted by molar-refractivity contribution is 5.61. The number of rotatable bonds is 4. The van der Waals surface area contributed by atoms with E-state index in [-0.39, 0.29) is 5.41 Å². The maximum atomic E-state index is 2.35. The molecule has 0 radical (unpaired) electrons. The molecule has 0 amide bonds. The van der Waals surface area contributed by atoms with Gasteiger partial charge in [0.2, 0.25) is 0 Å². The summed E-state index contributed by atoms with van der Waals surface area (Å²) >= 11 is 0. The van der Waals surface area contributed by atoms with Crippen molar-refractivity contribution in [3.05, 3.63) is 130 Å². The van der Waals surface area contributed by atoms with E-state index in [1.165, 1.54) is 39.0 Å². The first-order valence-electron chi connectivity index (χ1n) is 9.68. The molecular formula is C27H26. The van der Waals surface area contributed by atoms with Gasteiger partial charge in [-0.25, -0.2) is 0 Å². The minimum absolute atomic E-state index is 0.270. The number of hydrogen-bond acceptors (Lipinski definition) is 0. The van der Waals surface area contributed by atoms with Gasteiger partial charge in [0.25, 0.3) is 0 Å². The first-order valence-corrected chi connectivity index (χ1v) is 9.68. The highest BCUT2D eigenvalue weighted by Crippen LogP contribution is 2.48. The van der Waals surface area contributed by atoms with Gasteiger partial charge in [-0.3, -0.25) is 0 Å². The first kappa shape index (κ1) is 17.5. The molecule has 0 saturated carbocycles. The van der Waals surface area contributed by atoms with E-state index in [2.05, 4.69) is 112 Å². The highest BCUT2D eigenvalue weighted by atomic mass is 14.4. The Kier molecular flexibility index (Phi) is 4.58. The summed E-state index contributed by atoms with van der Waals surface area (Å²) in [5, 5.41) is 0. The third-order valence-electron chi connectivity index (χ3n) is 5.61. The lowest BCUT2D eigenvalue weighted by Crippen LogP contribution is -2.32. The van der Waals surface area contributed by atoms with Crippen LogP contribution in [-0.2, 0) is 5.41 Å². The largest absolute Gasteiger partial charge is 0.0804 e. The van der Waals surface area contributed by atoms with Gasteiger partial charge in [-0.1, -0.05) is 108 Å². The SMILES string of the molecule is Cc1cccc(C(C2=CC=CC2)(c2cccc(C)c2)c2cccc(C)c2)c1. The topological polar surface area (TPSA) is 0 Å². The Morgan fingerprint density at radius 3 is 1.41 bits per heavy atom. The van der Waals surface area contributed by atoms with E-state index in [1.807, 2.05) is 0 Å². The average Bonchev–Trinajstić information content (AvgIpc) is 3.18. The van der Waals surface area contributed by atoms with Crippen LogP contribution in [0.25, 0.3) is 0 Å². The van der Waals surface area contributed by atoms with Crippen LogP contribution in [0.15, 0.2) is 96.6 Å². The molecule has 1 aliphatic rings. The van der Waals surface area contributed by atoms with Crippen molar-refractivity contribution in [3.8, 4) is 0 Å². The molecule has 0 bridgehead atoms. The monoisotopic (exact) mass is 350 g/mol. The van der Waals surface area contributed by atoms with Crippen LogP contribution in [0.1, 0.15) is 39.8 Å². The Hall–Kier alpha value is -2.86.